The first-order chi connectivity index (χ1) is 10.9. The average Bonchev–Trinajstić information content (AvgIpc) is 3.11. The van der Waals surface area contributed by atoms with Crippen molar-refractivity contribution in [3.05, 3.63) is 21.9 Å². The third-order valence-corrected chi connectivity index (χ3v) is 4.93. The number of carbonyl (C=O) groups excluding carboxylic acids is 2. The highest BCUT2D eigenvalue weighted by atomic mass is 32.1. The number of thiophene rings is 1. The highest BCUT2D eigenvalue weighted by molar-refractivity contribution is 7.10. The maximum Gasteiger partial charge on any atom is 0.243 e. The zero-order valence-corrected chi connectivity index (χ0v) is 14.2. The van der Waals surface area contributed by atoms with Gasteiger partial charge in [-0.1, -0.05) is 0 Å². The van der Waals surface area contributed by atoms with E-state index in [-0.39, 0.29) is 30.2 Å². The van der Waals surface area contributed by atoms with Crippen molar-refractivity contribution in [2.45, 2.75) is 38.4 Å². The summed E-state index contributed by atoms with van der Waals surface area (Å²) in [5.41, 5.74) is 6.10. The second-order valence-corrected chi connectivity index (χ2v) is 6.70. The van der Waals surface area contributed by atoms with Crippen LogP contribution in [0.15, 0.2) is 11.4 Å². The van der Waals surface area contributed by atoms with Gasteiger partial charge in [-0.05, 0) is 32.9 Å². The van der Waals surface area contributed by atoms with Gasteiger partial charge in [0.2, 0.25) is 11.8 Å². The van der Waals surface area contributed by atoms with E-state index in [1.54, 1.807) is 23.4 Å². The van der Waals surface area contributed by atoms with Gasteiger partial charge < -0.3 is 21.3 Å². The second kappa shape index (κ2) is 7.56. The fourth-order valence-corrected chi connectivity index (χ4v) is 3.63. The molecule has 5 N–H and O–H groups in total. The number of likely N-dealkylation sites (N-methyl/N-ethyl adjacent to an activating group) is 1. The fourth-order valence-electron chi connectivity index (χ4n) is 2.81. The second-order valence-electron chi connectivity index (χ2n) is 5.71. The van der Waals surface area contributed by atoms with Crippen molar-refractivity contribution < 1.29 is 9.59 Å². The van der Waals surface area contributed by atoms with Crippen molar-refractivity contribution in [1.29, 1.82) is 5.41 Å². The number of amidine groups is 1. The molecule has 126 valence electrons. The molecule has 0 aromatic carbocycles. The van der Waals surface area contributed by atoms with Crippen molar-refractivity contribution in [2.75, 3.05) is 13.6 Å². The highest BCUT2D eigenvalue weighted by Crippen LogP contribution is 2.24. The van der Waals surface area contributed by atoms with E-state index in [1.807, 2.05) is 6.92 Å². The summed E-state index contributed by atoms with van der Waals surface area (Å²) in [6.07, 6.45) is 1.52. The molecule has 2 amide bonds. The van der Waals surface area contributed by atoms with Gasteiger partial charge in [-0.15, -0.1) is 11.3 Å². The maximum atomic E-state index is 12.4. The smallest absolute Gasteiger partial charge is 0.243 e. The molecule has 2 heterocycles. The lowest BCUT2D eigenvalue weighted by molar-refractivity contribution is -0.139. The van der Waals surface area contributed by atoms with Crippen molar-refractivity contribution in [1.82, 2.24) is 15.5 Å². The SMILES string of the molecule is CNCC(=O)N1C(C)CCC1C(=O)NCc1cc(C(=N)N)cs1. The minimum atomic E-state index is -0.405. The number of hydrogen-bond acceptors (Lipinski definition) is 5. The first-order valence-electron chi connectivity index (χ1n) is 7.59. The Labute approximate surface area is 139 Å². The van der Waals surface area contributed by atoms with E-state index in [0.717, 1.165) is 11.3 Å². The lowest BCUT2D eigenvalue weighted by Crippen LogP contribution is -2.50. The molecule has 2 atom stereocenters. The lowest BCUT2D eigenvalue weighted by Gasteiger charge is -2.27. The van der Waals surface area contributed by atoms with Crippen LogP contribution in [0, 0.1) is 5.41 Å². The molecule has 2 unspecified atom stereocenters. The van der Waals surface area contributed by atoms with Gasteiger partial charge in [-0.2, -0.15) is 0 Å². The molecule has 0 aliphatic carbocycles. The van der Waals surface area contributed by atoms with Crippen LogP contribution in [-0.2, 0) is 16.1 Å². The Balaban J connectivity index is 1.95. The first-order valence-corrected chi connectivity index (χ1v) is 8.47. The van der Waals surface area contributed by atoms with Gasteiger partial charge in [0.05, 0.1) is 13.1 Å². The summed E-state index contributed by atoms with van der Waals surface area (Å²) in [7, 11) is 1.72. The summed E-state index contributed by atoms with van der Waals surface area (Å²) in [6.45, 7) is 2.59. The molecule has 0 bridgehead atoms. The van der Waals surface area contributed by atoms with Crippen LogP contribution in [0.3, 0.4) is 0 Å². The van der Waals surface area contributed by atoms with E-state index < -0.39 is 6.04 Å². The monoisotopic (exact) mass is 337 g/mol. The van der Waals surface area contributed by atoms with E-state index in [1.165, 1.54) is 11.3 Å². The largest absolute Gasteiger partial charge is 0.384 e. The molecule has 1 aromatic heterocycles. The van der Waals surface area contributed by atoms with E-state index in [2.05, 4.69) is 10.6 Å². The van der Waals surface area contributed by atoms with Crippen LogP contribution in [0.4, 0.5) is 0 Å². The number of nitrogen functional groups attached to an aromatic ring is 1. The van der Waals surface area contributed by atoms with Crippen molar-refractivity contribution >= 4 is 29.0 Å². The van der Waals surface area contributed by atoms with Gasteiger partial charge in [-0.25, -0.2) is 0 Å². The van der Waals surface area contributed by atoms with Crippen LogP contribution in [0.1, 0.15) is 30.2 Å². The molecule has 2 rings (SSSR count). The molecule has 0 saturated carbocycles. The minimum absolute atomic E-state index is 0.0206. The van der Waals surface area contributed by atoms with Crippen LogP contribution in [0.5, 0.6) is 0 Å². The van der Waals surface area contributed by atoms with Crippen molar-refractivity contribution in [3.8, 4) is 0 Å². The third-order valence-electron chi connectivity index (χ3n) is 3.99. The zero-order valence-electron chi connectivity index (χ0n) is 13.4. The Morgan fingerprint density at radius 3 is 2.83 bits per heavy atom. The molecule has 23 heavy (non-hydrogen) atoms. The van der Waals surface area contributed by atoms with Crippen molar-refractivity contribution in [3.63, 3.8) is 0 Å². The Kier molecular flexibility index (Phi) is 5.73. The summed E-state index contributed by atoms with van der Waals surface area (Å²) in [5, 5.41) is 14.9. The quantitative estimate of drug-likeness (QED) is 0.440. The number of rotatable bonds is 6. The van der Waals surface area contributed by atoms with E-state index in [9.17, 15) is 9.59 Å². The first kappa shape index (κ1) is 17.4. The van der Waals surface area contributed by atoms with Crippen molar-refractivity contribution in [2.24, 2.45) is 5.73 Å². The number of likely N-dealkylation sites (tertiary alicyclic amines) is 1. The normalized spacial score (nSPS) is 20.5. The molecule has 0 radical (unpaired) electrons. The van der Waals surface area contributed by atoms with Gasteiger partial charge in [0.1, 0.15) is 11.9 Å². The van der Waals surface area contributed by atoms with Gasteiger partial charge in [-0.3, -0.25) is 15.0 Å². The average molecular weight is 337 g/mol. The maximum absolute atomic E-state index is 12.4. The number of carbonyl (C=O) groups is 2. The summed E-state index contributed by atoms with van der Waals surface area (Å²) in [6, 6.07) is 1.48. The van der Waals surface area contributed by atoms with Crippen LogP contribution < -0.4 is 16.4 Å². The Bertz CT molecular complexity index is 600. The molecular weight excluding hydrogens is 314 g/mol. The van der Waals surface area contributed by atoms with Crippen LogP contribution >= 0.6 is 11.3 Å². The lowest BCUT2D eigenvalue weighted by atomic mass is 10.2. The van der Waals surface area contributed by atoms with E-state index >= 15 is 0 Å². The van der Waals surface area contributed by atoms with Gasteiger partial charge in [0.15, 0.2) is 0 Å². The van der Waals surface area contributed by atoms with E-state index in [0.29, 0.717) is 18.5 Å². The molecule has 1 aliphatic heterocycles. The van der Waals surface area contributed by atoms with Gasteiger partial charge in [0.25, 0.3) is 0 Å². The number of amides is 2. The Morgan fingerprint density at radius 2 is 2.22 bits per heavy atom. The highest BCUT2D eigenvalue weighted by Gasteiger charge is 2.38. The number of nitrogens with one attached hydrogen (secondary N) is 3. The number of nitrogens with zero attached hydrogens (tertiary/aromatic N) is 1. The van der Waals surface area contributed by atoms with Crippen LogP contribution in [-0.4, -0.2) is 48.2 Å². The molecule has 8 heteroatoms. The molecule has 1 aromatic rings. The number of hydrogen-bond donors (Lipinski definition) is 4. The minimum Gasteiger partial charge on any atom is -0.384 e. The summed E-state index contributed by atoms with van der Waals surface area (Å²) in [4.78, 5) is 27.2. The molecule has 1 saturated heterocycles. The van der Waals surface area contributed by atoms with E-state index in [4.69, 9.17) is 11.1 Å². The van der Waals surface area contributed by atoms with Crippen LogP contribution in [0.25, 0.3) is 0 Å². The molecule has 1 fully saturated rings. The topological polar surface area (TPSA) is 111 Å². The third kappa shape index (κ3) is 4.08. The molecule has 0 spiro atoms. The summed E-state index contributed by atoms with van der Waals surface area (Å²) >= 11 is 1.45. The van der Waals surface area contributed by atoms with Crippen LogP contribution in [0.2, 0.25) is 0 Å². The molecule has 1 aliphatic rings. The fraction of sp³-hybridized carbons (Fsp3) is 0.533. The molecule has 7 nitrogen and oxygen atoms in total. The van der Waals surface area contributed by atoms with Gasteiger partial charge in [0, 0.05) is 21.9 Å². The Hall–Kier alpha value is -1.93. The Morgan fingerprint density at radius 1 is 1.48 bits per heavy atom. The van der Waals surface area contributed by atoms with Gasteiger partial charge >= 0.3 is 0 Å². The standard InChI is InChI=1S/C15H23N5O2S/c1-9-3-4-12(20(9)13(21)7-18-2)15(22)19-6-11-5-10(8-23-11)14(16)17/h5,8-9,12,18H,3-4,6-7H2,1-2H3,(H3,16,17)(H,19,22). The zero-order chi connectivity index (χ0) is 17.0. The number of nitrogens with two attached hydrogens (primary N) is 1. The summed E-state index contributed by atoms with van der Waals surface area (Å²) < 4.78 is 0. The molecular formula is C15H23N5O2S. The predicted octanol–water partition coefficient (Wildman–Crippen LogP) is 0.247. The predicted molar refractivity (Wildman–Crippen MR) is 90.4 cm³/mol. The summed E-state index contributed by atoms with van der Waals surface area (Å²) in [5.74, 6) is -0.156.